The van der Waals surface area contributed by atoms with Gasteiger partial charge in [-0.25, -0.2) is 4.79 Å². The Morgan fingerprint density at radius 2 is 1.76 bits per heavy atom. The van der Waals surface area contributed by atoms with Crippen LogP contribution in [0.3, 0.4) is 0 Å². The van der Waals surface area contributed by atoms with Gasteiger partial charge in [-0.15, -0.1) is 0 Å². The van der Waals surface area contributed by atoms with Gasteiger partial charge in [0.1, 0.15) is 0 Å². The van der Waals surface area contributed by atoms with Crippen LogP contribution in [0.2, 0.25) is 0 Å². The number of hydrogen-bond acceptors (Lipinski definition) is 2. The maximum atomic E-state index is 12.7. The van der Waals surface area contributed by atoms with E-state index in [2.05, 4.69) is 42.3 Å². The zero-order valence-corrected chi connectivity index (χ0v) is 16.4. The fourth-order valence-corrected chi connectivity index (χ4v) is 4.59. The highest BCUT2D eigenvalue weighted by atomic mass is 19.4. The highest BCUT2D eigenvalue weighted by molar-refractivity contribution is 5.90. The summed E-state index contributed by atoms with van der Waals surface area (Å²) in [5, 5.41) is 2.73. The van der Waals surface area contributed by atoms with Gasteiger partial charge in [0.05, 0.1) is 5.56 Å². The van der Waals surface area contributed by atoms with E-state index in [1.165, 1.54) is 23.3 Å². The second kappa shape index (κ2) is 7.37. The third-order valence-electron chi connectivity index (χ3n) is 6.14. The molecule has 1 N–H and O–H groups in total. The summed E-state index contributed by atoms with van der Waals surface area (Å²) < 4.78 is 38.0. The van der Waals surface area contributed by atoms with Crippen LogP contribution in [0.1, 0.15) is 36.1 Å². The number of alkyl halides is 3. The van der Waals surface area contributed by atoms with Crippen molar-refractivity contribution in [1.82, 2.24) is 9.80 Å². The minimum atomic E-state index is -4.38. The van der Waals surface area contributed by atoms with Crippen LogP contribution < -0.4 is 5.32 Å². The van der Waals surface area contributed by atoms with Gasteiger partial charge in [0, 0.05) is 36.9 Å². The summed E-state index contributed by atoms with van der Waals surface area (Å²) in [5.74, 6) is 0. The van der Waals surface area contributed by atoms with Crippen LogP contribution in [0.4, 0.5) is 23.7 Å². The topological polar surface area (TPSA) is 35.6 Å². The van der Waals surface area contributed by atoms with Crippen molar-refractivity contribution in [1.29, 1.82) is 0 Å². The maximum absolute atomic E-state index is 12.7. The lowest BCUT2D eigenvalue weighted by Gasteiger charge is -2.38. The SMILES string of the molecule is Cc1ccccc1C(C)N1CC2CC1CN2C(=O)Nc1ccc(C(F)(F)F)cc1. The van der Waals surface area contributed by atoms with Gasteiger partial charge < -0.3 is 10.2 Å². The molecule has 2 fully saturated rings. The van der Waals surface area contributed by atoms with Crippen LogP contribution in [0.5, 0.6) is 0 Å². The summed E-state index contributed by atoms with van der Waals surface area (Å²) in [6.07, 6.45) is -3.45. The van der Waals surface area contributed by atoms with E-state index < -0.39 is 11.7 Å². The first-order valence-corrected chi connectivity index (χ1v) is 9.80. The average molecular weight is 403 g/mol. The number of carbonyl (C=O) groups excluding carboxylic acids is 1. The van der Waals surface area contributed by atoms with Crippen molar-refractivity contribution in [2.24, 2.45) is 0 Å². The molecule has 2 aromatic rings. The van der Waals surface area contributed by atoms with Gasteiger partial charge >= 0.3 is 12.2 Å². The van der Waals surface area contributed by atoms with Crippen LogP contribution in [0.15, 0.2) is 48.5 Å². The second-order valence-electron chi connectivity index (χ2n) is 7.93. The predicted octanol–water partition coefficient (Wildman–Crippen LogP) is 5.07. The Morgan fingerprint density at radius 3 is 2.34 bits per heavy atom. The van der Waals surface area contributed by atoms with Crippen molar-refractivity contribution in [3.63, 3.8) is 0 Å². The number of carbonyl (C=O) groups is 1. The van der Waals surface area contributed by atoms with Crippen LogP contribution in [0, 0.1) is 6.92 Å². The highest BCUT2D eigenvalue weighted by Crippen LogP contribution is 2.38. The van der Waals surface area contributed by atoms with Crippen molar-refractivity contribution >= 4 is 11.7 Å². The summed E-state index contributed by atoms with van der Waals surface area (Å²) in [5.41, 5.74) is 2.22. The molecule has 2 amide bonds. The monoisotopic (exact) mass is 403 g/mol. The van der Waals surface area contributed by atoms with Gasteiger partial charge in [-0.05, 0) is 55.7 Å². The van der Waals surface area contributed by atoms with E-state index in [9.17, 15) is 18.0 Å². The van der Waals surface area contributed by atoms with Crippen LogP contribution in [-0.4, -0.2) is 41.0 Å². The van der Waals surface area contributed by atoms with Crippen molar-refractivity contribution in [3.05, 3.63) is 65.2 Å². The second-order valence-corrected chi connectivity index (χ2v) is 7.93. The Labute approximate surface area is 168 Å². The number of halogens is 3. The lowest BCUT2D eigenvalue weighted by molar-refractivity contribution is -0.137. The molecule has 2 aliphatic heterocycles. The number of fused-ring (bicyclic) bond motifs is 2. The van der Waals surface area contributed by atoms with Crippen LogP contribution >= 0.6 is 0 Å². The zero-order valence-electron chi connectivity index (χ0n) is 16.4. The first kappa shape index (κ1) is 19.8. The van der Waals surface area contributed by atoms with Gasteiger partial charge in [-0.1, -0.05) is 24.3 Å². The Balaban J connectivity index is 1.38. The van der Waals surface area contributed by atoms with Gasteiger partial charge in [0.15, 0.2) is 0 Å². The molecule has 0 radical (unpaired) electrons. The third kappa shape index (κ3) is 3.83. The molecular formula is C22H24F3N3O. The molecule has 0 spiro atoms. The Morgan fingerprint density at radius 1 is 1.07 bits per heavy atom. The Kier molecular flexibility index (Phi) is 5.02. The van der Waals surface area contributed by atoms with Crippen molar-refractivity contribution in [2.45, 2.75) is 44.6 Å². The van der Waals surface area contributed by atoms with Crippen molar-refractivity contribution in [3.8, 4) is 0 Å². The molecule has 0 aromatic heterocycles. The number of rotatable bonds is 3. The lowest BCUT2D eigenvalue weighted by Crippen LogP contribution is -2.50. The molecule has 3 unspecified atom stereocenters. The number of aryl methyl sites for hydroxylation is 1. The molecule has 7 heteroatoms. The van der Waals surface area contributed by atoms with E-state index in [1.54, 1.807) is 0 Å². The van der Waals surface area contributed by atoms with E-state index >= 15 is 0 Å². The number of nitrogens with zero attached hydrogens (tertiary/aromatic N) is 2. The molecule has 3 atom stereocenters. The molecule has 29 heavy (non-hydrogen) atoms. The average Bonchev–Trinajstić information content (AvgIpc) is 3.28. The summed E-state index contributed by atoms with van der Waals surface area (Å²) in [6, 6.07) is 13.4. The number of benzene rings is 2. The maximum Gasteiger partial charge on any atom is 0.416 e. The van der Waals surface area contributed by atoms with Crippen LogP contribution in [-0.2, 0) is 6.18 Å². The van der Waals surface area contributed by atoms with Crippen molar-refractivity contribution in [2.75, 3.05) is 18.4 Å². The smallest absolute Gasteiger partial charge is 0.319 e. The number of likely N-dealkylation sites (tertiary alicyclic amines) is 2. The molecule has 2 aromatic carbocycles. The van der Waals surface area contributed by atoms with Gasteiger partial charge in [0.2, 0.25) is 0 Å². The van der Waals surface area contributed by atoms with E-state index in [-0.39, 0.29) is 18.1 Å². The molecule has 0 saturated carbocycles. The number of urea groups is 1. The standard InChI is InChI=1S/C22H24F3N3O/c1-14-5-3-4-6-20(14)15(2)27-12-19-11-18(27)13-28(19)21(29)26-17-9-7-16(8-10-17)22(23,24)25/h3-10,15,18-19H,11-13H2,1-2H3,(H,26,29). The molecule has 2 saturated heterocycles. The van der Waals surface area contributed by atoms with E-state index in [4.69, 9.17) is 0 Å². The number of hydrogen-bond donors (Lipinski definition) is 1. The fourth-order valence-electron chi connectivity index (χ4n) is 4.59. The summed E-state index contributed by atoms with van der Waals surface area (Å²) in [7, 11) is 0. The summed E-state index contributed by atoms with van der Waals surface area (Å²) in [6.45, 7) is 5.76. The first-order valence-electron chi connectivity index (χ1n) is 9.80. The molecule has 4 nitrogen and oxygen atoms in total. The predicted molar refractivity (Wildman–Crippen MR) is 106 cm³/mol. The number of anilines is 1. The Bertz CT molecular complexity index is 897. The molecule has 2 heterocycles. The fraction of sp³-hybridized carbons (Fsp3) is 0.409. The van der Waals surface area contributed by atoms with Gasteiger partial charge in [0.25, 0.3) is 0 Å². The summed E-state index contributed by atoms with van der Waals surface area (Å²) >= 11 is 0. The third-order valence-corrected chi connectivity index (χ3v) is 6.14. The van der Waals surface area contributed by atoms with Gasteiger partial charge in [-0.3, -0.25) is 4.90 Å². The largest absolute Gasteiger partial charge is 0.416 e. The molecular weight excluding hydrogens is 379 g/mol. The minimum Gasteiger partial charge on any atom is -0.319 e. The molecule has 2 aliphatic rings. The van der Waals surface area contributed by atoms with E-state index in [0.717, 1.165) is 25.1 Å². The summed E-state index contributed by atoms with van der Waals surface area (Å²) in [4.78, 5) is 16.9. The quantitative estimate of drug-likeness (QED) is 0.777. The highest BCUT2D eigenvalue weighted by Gasteiger charge is 2.47. The molecule has 2 bridgehead atoms. The normalized spacial score (nSPS) is 22.7. The Hall–Kier alpha value is -2.54. The zero-order chi connectivity index (χ0) is 20.8. The number of amides is 2. The lowest BCUT2D eigenvalue weighted by atomic mass is 10.0. The van der Waals surface area contributed by atoms with Crippen molar-refractivity contribution < 1.29 is 18.0 Å². The molecule has 0 aliphatic carbocycles. The van der Waals surface area contributed by atoms with Gasteiger partial charge in [-0.2, -0.15) is 13.2 Å². The minimum absolute atomic E-state index is 0.126. The van der Waals surface area contributed by atoms with E-state index in [1.807, 2.05) is 11.0 Å². The molecule has 154 valence electrons. The number of piperazine rings is 1. The number of nitrogens with one attached hydrogen (secondary N) is 1. The van der Waals surface area contributed by atoms with E-state index in [0.29, 0.717) is 18.3 Å². The molecule has 4 rings (SSSR count). The first-order chi connectivity index (χ1) is 13.7. The van der Waals surface area contributed by atoms with Crippen LogP contribution in [0.25, 0.3) is 0 Å².